The molecule has 0 spiro atoms. The molecule has 0 saturated carbocycles. The molecule has 2 aliphatic rings. The molecule has 3 aromatic rings. The van der Waals surface area contributed by atoms with E-state index in [2.05, 4.69) is 5.32 Å². The molecule has 0 atom stereocenters. The number of aromatic nitrogens is 1. The summed E-state index contributed by atoms with van der Waals surface area (Å²) in [5.74, 6) is -3.00. The number of rotatable bonds is 6. The predicted octanol–water partition coefficient (Wildman–Crippen LogP) is 2.02. The number of nitrogens with one attached hydrogen (secondary N) is 1. The Labute approximate surface area is 210 Å². The van der Waals surface area contributed by atoms with Gasteiger partial charge in [0.05, 0.1) is 19.8 Å². The summed E-state index contributed by atoms with van der Waals surface area (Å²) in [5.41, 5.74) is -0.189. The third-order valence-corrected chi connectivity index (χ3v) is 6.20. The maximum Gasteiger partial charge on any atom is 0.277 e. The predicted molar refractivity (Wildman–Crippen MR) is 129 cm³/mol. The molecule has 37 heavy (non-hydrogen) atoms. The van der Waals surface area contributed by atoms with E-state index in [1.54, 1.807) is 9.91 Å². The second-order valence-electron chi connectivity index (χ2n) is 8.64. The number of amides is 2. The Balaban J connectivity index is 1.52. The van der Waals surface area contributed by atoms with Crippen LogP contribution in [0.3, 0.4) is 0 Å². The average Bonchev–Trinajstić information content (AvgIpc) is 2.87. The fourth-order valence-electron chi connectivity index (χ4n) is 4.24. The van der Waals surface area contributed by atoms with E-state index in [9.17, 15) is 23.2 Å². The molecule has 2 aromatic carbocycles. The first kappa shape index (κ1) is 24.4. The van der Waals surface area contributed by atoms with Crippen molar-refractivity contribution in [1.82, 2.24) is 14.9 Å². The van der Waals surface area contributed by atoms with Crippen LogP contribution in [0, 0.1) is 11.6 Å². The van der Waals surface area contributed by atoms with E-state index < -0.39 is 28.9 Å². The van der Waals surface area contributed by atoms with Gasteiger partial charge < -0.3 is 19.7 Å². The highest BCUT2D eigenvalue weighted by atomic mass is 19.1. The topological polar surface area (TPSA) is 93.1 Å². The van der Waals surface area contributed by atoms with Crippen molar-refractivity contribution in [3.63, 3.8) is 0 Å². The summed E-state index contributed by atoms with van der Waals surface area (Å²) in [6.07, 6.45) is 1.29. The van der Waals surface area contributed by atoms with E-state index in [4.69, 9.17) is 9.47 Å². The van der Waals surface area contributed by atoms with Crippen LogP contribution in [0.4, 0.5) is 8.78 Å². The van der Waals surface area contributed by atoms with Crippen LogP contribution < -0.4 is 20.5 Å². The second kappa shape index (κ2) is 10.4. The lowest BCUT2D eigenvalue weighted by atomic mass is 10.1. The summed E-state index contributed by atoms with van der Waals surface area (Å²) in [6, 6.07) is 12.1. The summed E-state index contributed by atoms with van der Waals surface area (Å²) in [5, 5.41) is 4.28. The Hall–Kier alpha value is -4.25. The van der Waals surface area contributed by atoms with Gasteiger partial charge in [-0.05, 0) is 11.6 Å². The zero-order chi connectivity index (χ0) is 25.9. The quantitative estimate of drug-likeness (QED) is 0.546. The molecule has 2 aliphatic heterocycles. The van der Waals surface area contributed by atoms with Gasteiger partial charge in [-0.15, -0.1) is 0 Å². The van der Waals surface area contributed by atoms with E-state index in [0.717, 1.165) is 11.6 Å². The number of hydrogen-bond donors (Lipinski definition) is 1. The molecule has 3 heterocycles. The summed E-state index contributed by atoms with van der Waals surface area (Å²) < 4.78 is 40.2. The molecule has 5 rings (SSSR count). The van der Waals surface area contributed by atoms with Gasteiger partial charge in [0.15, 0.2) is 11.4 Å². The van der Waals surface area contributed by atoms with Crippen LogP contribution in [-0.4, -0.2) is 54.4 Å². The molecule has 192 valence electrons. The monoisotopic (exact) mass is 510 g/mol. The van der Waals surface area contributed by atoms with Gasteiger partial charge in [-0.2, -0.15) is 0 Å². The Kier molecular flexibility index (Phi) is 6.87. The molecule has 11 heteroatoms. The molecule has 2 bridgehead atoms. The molecule has 9 nitrogen and oxygen atoms in total. The number of benzene rings is 2. The van der Waals surface area contributed by atoms with Crippen LogP contribution in [0.2, 0.25) is 0 Å². The highest BCUT2D eigenvalue weighted by molar-refractivity contribution is 5.99. The number of ether oxygens (including phenoxy) is 2. The van der Waals surface area contributed by atoms with Crippen LogP contribution in [0.25, 0.3) is 0 Å². The van der Waals surface area contributed by atoms with Crippen LogP contribution in [0.5, 0.6) is 5.75 Å². The highest BCUT2D eigenvalue weighted by Crippen LogP contribution is 2.24. The van der Waals surface area contributed by atoms with Crippen LogP contribution in [0.15, 0.2) is 59.5 Å². The SMILES string of the molecule is O=C(NCc1ccc(F)cc1F)c1cn2c(c(OCc3ccccc3)c1=O)C(=O)N1CCOCCN2C1. The van der Waals surface area contributed by atoms with Crippen LogP contribution in [0.1, 0.15) is 32.0 Å². The fraction of sp³-hybridized carbons (Fsp3) is 0.269. The lowest BCUT2D eigenvalue weighted by molar-refractivity contribution is 0.0471. The Morgan fingerprint density at radius 2 is 1.84 bits per heavy atom. The molecule has 1 saturated heterocycles. The Morgan fingerprint density at radius 3 is 2.62 bits per heavy atom. The maximum atomic E-state index is 14.1. The smallest absolute Gasteiger partial charge is 0.277 e. The van der Waals surface area contributed by atoms with Gasteiger partial charge >= 0.3 is 0 Å². The lowest BCUT2D eigenvalue weighted by Gasteiger charge is -2.41. The Bertz CT molecular complexity index is 1400. The van der Waals surface area contributed by atoms with Crippen molar-refractivity contribution in [1.29, 1.82) is 0 Å². The summed E-state index contributed by atoms with van der Waals surface area (Å²) in [7, 11) is 0. The van der Waals surface area contributed by atoms with Crippen LogP contribution >= 0.6 is 0 Å². The number of carbonyl (C=O) groups excluding carboxylic acids is 2. The first-order chi connectivity index (χ1) is 17.9. The van der Waals surface area contributed by atoms with Gasteiger partial charge in [-0.25, -0.2) is 8.78 Å². The van der Waals surface area contributed by atoms with Gasteiger partial charge in [0.2, 0.25) is 5.43 Å². The third kappa shape index (κ3) is 5.03. The van der Waals surface area contributed by atoms with Crippen LogP contribution in [-0.2, 0) is 17.9 Å². The van der Waals surface area contributed by atoms with Crippen molar-refractivity contribution in [3.8, 4) is 5.75 Å². The molecule has 1 fully saturated rings. The molecule has 1 aromatic heterocycles. The molecule has 2 amide bonds. The highest BCUT2D eigenvalue weighted by Gasteiger charge is 2.35. The minimum absolute atomic E-state index is 0.00529. The Morgan fingerprint density at radius 1 is 1.05 bits per heavy atom. The van der Waals surface area contributed by atoms with E-state index in [-0.39, 0.29) is 42.4 Å². The number of carbonyl (C=O) groups is 2. The van der Waals surface area contributed by atoms with Gasteiger partial charge in [0.25, 0.3) is 11.8 Å². The number of pyridine rings is 1. The zero-order valence-electron chi connectivity index (χ0n) is 19.8. The minimum atomic E-state index is -0.819. The molecule has 0 radical (unpaired) electrons. The van der Waals surface area contributed by atoms with Gasteiger partial charge in [-0.3, -0.25) is 24.1 Å². The van der Waals surface area contributed by atoms with Gasteiger partial charge in [0, 0.05) is 30.9 Å². The number of halogens is 2. The normalized spacial score (nSPS) is 15.0. The van der Waals surface area contributed by atoms with Gasteiger partial charge in [-0.1, -0.05) is 36.4 Å². The van der Waals surface area contributed by atoms with Crippen molar-refractivity contribution in [3.05, 3.63) is 99.0 Å². The van der Waals surface area contributed by atoms with Crippen molar-refractivity contribution >= 4 is 11.8 Å². The lowest BCUT2D eigenvalue weighted by Crippen LogP contribution is -2.57. The average molecular weight is 510 g/mol. The fourth-order valence-corrected chi connectivity index (χ4v) is 4.24. The summed E-state index contributed by atoms with van der Waals surface area (Å²) >= 11 is 0. The van der Waals surface area contributed by atoms with E-state index >= 15 is 0 Å². The first-order valence-electron chi connectivity index (χ1n) is 11.7. The van der Waals surface area contributed by atoms with Gasteiger partial charge in [0.1, 0.15) is 30.5 Å². The second-order valence-corrected chi connectivity index (χ2v) is 8.64. The molecular formula is C26H24F2N4O5. The third-order valence-electron chi connectivity index (χ3n) is 6.20. The molecule has 0 aliphatic carbocycles. The molecule has 1 N–H and O–H groups in total. The largest absolute Gasteiger partial charge is 0.482 e. The van der Waals surface area contributed by atoms with E-state index in [1.807, 2.05) is 30.3 Å². The number of fused-ring (bicyclic) bond motifs is 4. The van der Waals surface area contributed by atoms with E-state index in [1.165, 1.54) is 16.9 Å². The minimum Gasteiger partial charge on any atom is -0.482 e. The zero-order valence-corrected chi connectivity index (χ0v) is 19.8. The van der Waals surface area contributed by atoms with Crippen molar-refractivity contribution in [2.24, 2.45) is 0 Å². The van der Waals surface area contributed by atoms with Crippen molar-refractivity contribution in [2.45, 2.75) is 13.2 Å². The molecular weight excluding hydrogens is 486 g/mol. The van der Waals surface area contributed by atoms with Crippen molar-refractivity contribution < 1.29 is 27.8 Å². The standard InChI is InChI=1S/C26H24F2N4O5/c27-19-7-6-18(21(28)12-19)13-29-25(34)20-14-32-22(26(35)30-8-10-36-11-9-31(32)16-30)24(23(20)33)37-15-17-4-2-1-3-5-17/h1-7,12,14H,8-11,13,15-16H2,(H,29,34). The summed E-state index contributed by atoms with van der Waals surface area (Å²) in [6.45, 7) is 1.48. The first-order valence-corrected chi connectivity index (χ1v) is 11.7. The van der Waals surface area contributed by atoms with Crippen molar-refractivity contribution in [2.75, 3.05) is 38.0 Å². The maximum absolute atomic E-state index is 14.1. The number of nitrogens with zero attached hydrogens (tertiary/aromatic N) is 3. The van der Waals surface area contributed by atoms with E-state index in [0.29, 0.717) is 32.4 Å². The molecule has 0 unspecified atom stereocenters. The summed E-state index contributed by atoms with van der Waals surface area (Å²) in [4.78, 5) is 41.5. The number of hydrogen-bond acceptors (Lipinski definition) is 6.